The topological polar surface area (TPSA) is 114 Å². The van der Waals surface area contributed by atoms with Crippen LogP contribution < -0.4 is 0 Å². The normalized spacial score (nSPS) is 22.5. The van der Waals surface area contributed by atoms with Crippen LogP contribution in [0.3, 0.4) is 0 Å². The molecule has 0 bridgehead atoms. The van der Waals surface area contributed by atoms with Crippen molar-refractivity contribution in [2.45, 2.75) is 50.3 Å². The summed E-state index contributed by atoms with van der Waals surface area (Å²) in [4.78, 5) is 11.2. The lowest BCUT2D eigenvalue weighted by Gasteiger charge is -2.20. The molecular formula is C14H21N5O4S. The number of imidazole rings is 1. The predicted octanol–water partition coefficient (Wildman–Crippen LogP) is 1.38. The van der Waals surface area contributed by atoms with Crippen molar-refractivity contribution < 1.29 is 17.7 Å². The molecule has 0 amide bonds. The maximum Gasteiger partial charge on any atom is 0.260 e. The number of H-pyrrole nitrogens is 1. The van der Waals surface area contributed by atoms with Crippen molar-refractivity contribution in [1.29, 1.82) is 0 Å². The molecule has 132 valence electrons. The van der Waals surface area contributed by atoms with E-state index in [1.807, 2.05) is 13.8 Å². The second-order valence-electron chi connectivity index (χ2n) is 6.15. The van der Waals surface area contributed by atoms with Gasteiger partial charge < -0.3 is 14.2 Å². The first-order valence-electron chi connectivity index (χ1n) is 7.72. The fraction of sp³-hybridized carbons (Fsp3) is 0.643. The van der Waals surface area contributed by atoms with Crippen LogP contribution in [0.2, 0.25) is 0 Å². The number of methoxy groups -OCH3 is 1. The fourth-order valence-electron chi connectivity index (χ4n) is 2.75. The zero-order valence-corrected chi connectivity index (χ0v) is 14.9. The van der Waals surface area contributed by atoms with Crippen molar-refractivity contribution in [3.63, 3.8) is 0 Å². The van der Waals surface area contributed by atoms with Crippen LogP contribution in [-0.4, -0.2) is 52.6 Å². The third kappa shape index (κ3) is 2.96. The van der Waals surface area contributed by atoms with Crippen molar-refractivity contribution in [3.8, 4) is 0 Å². The molecule has 10 heteroatoms. The highest BCUT2D eigenvalue weighted by Gasteiger charge is 2.44. The molecule has 1 aliphatic rings. The average Bonchev–Trinajstić information content (AvgIpc) is 3.25. The smallest absolute Gasteiger partial charge is 0.260 e. The van der Waals surface area contributed by atoms with Gasteiger partial charge in [0.2, 0.25) is 5.89 Å². The van der Waals surface area contributed by atoms with Crippen LogP contribution in [0.25, 0.3) is 0 Å². The Labute approximate surface area is 140 Å². The van der Waals surface area contributed by atoms with Crippen LogP contribution in [0.1, 0.15) is 49.8 Å². The summed E-state index contributed by atoms with van der Waals surface area (Å²) >= 11 is 0. The van der Waals surface area contributed by atoms with Gasteiger partial charge in [0.15, 0.2) is 10.9 Å². The zero-order valence-electron chi connectivity index (χ0n) is 14.1. The third-order valence-corrected chi connectivity index (χ3v) is 5.87. The van der Waals surface area contributed by atoms with Gasteiger partial charge in [-0.25, -0.2) is 13.4 Å². The fourth-order valence-corrected chi connectivity index (χ4v) is 4.29. The molecule has 1 aliphatic heterocycles. The Kier molecular flexibility index (Phi) is 4.45. The van der Waals surface area contributed by atoms with Gasteiger partial charge in [-0.05, 0) is 6.92 Å². The molecule has 2 aromatic heterocycles. The molecule has 1 saturated heterocycles. The van der Waals surface area contributed by atoms with Gasteiger partial charge in [0.1, 0.15) is 11.9 Å². The second-order valence-corrected chi connectivity index (χ2v) is 8.01. The van der Waals surface area contributed by atoms with E-state index in [0.29, 0.717) is 18.1 Å². The predicted molar refractivity (Wildman–Crippen MR) is 83.8 cm³/mol. The van der Waals surface area contributed by atoms with Crippen LogP contribution in [0, 0.1) is 6.92 Å². The molecule has 0 aliphatic carbocycles. The lowest BCUT2D eigenvalue weighted by molar-refractivity contribution is 0.114. The summed E-state index contributed by atoms with van der Waals surface area (Å²) in [7, 11) is -2.22. The Hall–Kier alpha value is -1.78. The van der Waals surface area contributed by atoms with Gasteiger partial charge in [-0.1, -0.05) is 19.0 Å². The van der Waals surface area contributed by atoms with Crippen LogP contribution in [-0.2, 0) is 14.8 Å². The van der Waals surface area contributed by atoms with E-state index in [2.05, 4.69) is 20.1 Å². The lowest BCUT2D eigenvalue weighted by atomic mass is 10.2. The van der Waals surface area contributed by atoms with Gasteiger partial charge in [0, 0.05) is 26.0 Å². The van der Waals surface area contributed by atoms with Gasteiger partial charge in [-0.15, -0.1) is 0 Å². The van der Waals surface area contributed by atoms with Crippen molar-refractivity contribution >= 4 is 10.0 Å². The maximum absolute atomic E-state index is 13.0. The first-order chi connectivity index (χ1) is 11.3. The highest BCUT2D eigenvalue weighted by molar-refractivity contribution is 7.89. The number of rotatable bonds is 5. The number of nitrogens with zero attached hydrogens (tertiary/aromatic N) is 4. The molecule has 9 nitrogen and oxygen atoms in total. The summed E-state index contributed by atoms with van der Waals surface area (Å²) in [6.07, 6.45) is 1.58. The molecule has 1 N–H and O–H groups in total. The molecule has 1 fully saturated rings. The number of aryl methyl sites for hydroxylation is 1. The monoisotopic (exact) mass is 355 g/mol. The second kappa shape index (κ2) is 6.26. The number of aromatic amines is 1. The molecule has 3 rings (SSSR count). The van der Waals surface area contributed by atoms with E-state index in [0.717, 1.165) is 0 Å². The Morgan fingerprint density at radius 1 is 1.46 bits per heavy atom. The molecule has 0 aromatic carbocycles. The Bertz CT molecular complexity index is 813. The maximum atomic E-state index is 13.0. The lowest BCUT2D eigenvalue weighted by Crippen LogP contribution is -2.32. The highest BCUT2D eigenvalue weighted by atomic mass is 32.2. The quantitative estimate of drug-likeness (QED) is 0.861. The van der Waals surface area contributed by atoms with E-state index in [-0.39, 0.29) is 29.5 Å². The number of hydrogen-bond acceptors (Lipinski definition) is 7. The summed E-state index contributed by atoms with van der Waals surface area (Å²) in [6, 6.07) is -0.549. The summed E-state index contributed by atoms with van der Waals surface area (Å²) in [5.74, 6) is 1.47. The molecular weight excluding hydrogens is 334 g/mol. The molecule has 24 heavy (non-hydrogen) atoms. The molecule has 3 heterocycles. The summed E-state index contributed by atoms with van der Waals surface area (Å²) in [5.41, 5.74) is 0. The average molecular weight is 355 g/mol. The Morgan fingerprint density at radius 3 is 2.75 bits per heavy atom. The van der Waals surface area contributed by atoms with Crippen LogP contribution in [0.15, 0.2) is 15.7 Å². The largest absolute Gasteiger partial charge is 0.380 e. The number of ether oxygens (including phenoxy) is 1. The minimum atomic E-state index is -3.77. The summed E-state index contributed by atoms with van der Waals surface area (Å²) < 4.78 is 38.0. The standard InChI is InChI=1S/C14H21N5O4S/c1-8(2)13-15-6-12(17-13)24(20,21)19-7-10(22-4)5-11(19)14-16-9(3)18-23-14/h6,8,10-11H,5,7H2,1-4H3,(H,15,17)/t10-,11+/m0/s1. The van der Waals surface area contributed by atoms with Crippen molar-refractivity contribution in [2.75, 3.05) is 13.7 Å². The first kappa shape index (κ1) is 17.1. The van der Waals surface area contributed by atoms with E-state index < -0.39 is 16.1 Å². The van der Waals surface area contributed by atoms with E-state index in [1.54, 1.807) is 14.0 Å². The van der Waals surface area contributed by atoms with Crippen LogP contribution in [0.5, 0.6) is 0 Å². The highest BCUT2D eigenvalue weighted by Crippen LogP contribution is 2.36. The van der Waals surface area contributed by atoms with Gasteiger partial charge in [0.05, 0.1) is 12.3 Å². The van der Waals surface area contributed by atoms with E-state index in [9.17, 15) is 8.42 Å². The van der Waals surface area contributed by atoms with Gasteiger partial charge in [-0.3, -0.25) is 0 Å². The Balaban J connectivity index is 1.96. The van der Waals surface area contributed by atoms with Gasteiger partial charge >= 0.3 is 0 Å². The molecule has 0 radical (unpaired) electrons. The van der Waals surface area contributed by atoms with Crippen LogP contribution >= 0.6 is 0 Å². The molecule has 2 atom stereocenters. The third-order valence-electron chi connectivity index (χ3n) is 4.08. The minimum Gasteiger partial charge on any atom is -0.380 e. The van der Waals surface area contributed by atoms with Crippen molar-refractivity contribution in [3.05, 3.63) is 23.7 Å². The van der Waals surface area contributed by atoms with Gasteiger partial charge in [0.25, 0.3) is 10.0 Å². The number of sulfonamides is 1. The Morgan fingerprint density at radius 2 is 2.21 bits per heavy atom. The molecule has 0 unspecified atom stereocenters. The van der Waals surface area contributed by atoms with Gasteiger partial charge in [-0.2, -0.15) is 9.29 Å². The zero-order chi connectivity index (χ0) is 17.5. The van der Waals surface area contributed by atoms with Crippen molar-refractivity contribution in [2.24, 2.45) is 0 Å². The van der Waals surface area contributed by atoms with E-state index in [4.69, 9.17) is 9.26 Å². The van der Waals surface area contributed by atoms with E-state index >= 15 is 0 Å². The van der Waals surface area contributed by atoms with E-state index in [1.165, 1.54) is 10.5 Å². The van der Waals surface area contributed by atoms with Crippen LogP contribution in [0.4, 0.5) is 0 Å². The molecule has 2 aromatic rings. The SMILES string of the molecule is CO[C@H]1C[C@H](c2nc(C)no2)N(S(=O)(=O)c2cnc(C(C)C)[nH]2)C1. The first-order valence-corrected chi connectivity index (χ1v) is 9.16. The summed E-state index contributed by atoms with van der Waals surface area (Å²) in [5, 5.41) is 3.82. The number of hydrogen-bond donors (Lipinski definition) is 1. The minimum absolute atomic E-state index is 0.0594. The number of aromatic nitrogens is 4. The molecule has 0 saturated carbocycles. The molecule has 0 spiro atoms. The number of nitrogens with one attached hydrogen (secondary N) is 1. The summed E-state index contributed by atoms with van der Waals surface area (Å²) in [6.45, 7) is 5.80. The van der Waals surface area contributed by atoms with Crippen molar-refractivity contribution in [1.82, 2.24) is 24.4 Å².